The molecule has 10 heteroatoms. The van der Waals surface area contributed by atoms with E-state index in [1.165, 1.54) is 0 Å². The van der Waals surface area contributed by atoms with Crippen molar-refractivity contribution < 1.29 is 29.4 Å². The zero-order valence-corrected chi connectivity index (χ0v) is 17.1. The van der Waals surface area contributed by atoms with E-state index in [9.17, 15) is 19.2 Å². The van der Waals surface area contributed by atoms with Gasteiger partial charge in [0, 0.05) is 6.42 Å². The third kappa shape index (κ3) is 9.01. The van der Waals surface area contributed by atoms with Gasteiger partial charge in [-0.05, 0) is 17.9 Å². The number of carboxylic acid groups (broad SMARTS) is 1. The number of carbonyl (C=O) groups excluding carboxylic acids is 3. The molecule has 0 aliphatic rings. The second kappa shape index (κ2) is 12.6. The fraction of sp³-hybridized carbons (Fsp3) is 0.500. The van der Waals surface area contributed by atoms with Crippen LogP contribution in [0.4, 0.5) is 0 Å². The third-order valence-electron chi connectivity index (χ3n) is 4.22. The van der Waals surface area contributed by atoms with Crippen molar-refractivity contribution in [1.29, 1.82) is 0 Å². The second-order valence-corrected chi connectivity index (χ2v) is 7.35. The summed E-state index contributed by atoms with van der Waals surface area (Å²) in [4.78, 5) is 47.7. The Balaban J connectivity index is 2.77. The number of aliphatic carboxylic acids is 1. The van der Waals surface area contributed by atoms with Crippen molar-refractivity contribution in [1.82, 2.24) is 16.0 Å². The molecular formula is C20H30N4O6. The number of nitrogens with two attached hydrogens (primary N) is 1. The number of aliphatic hydroxyl groups excluding tert-OH is 1. The molecule has 0 spiro atoms. The Morgan fingerprint density at radius 3 is 2.17 bits per heavy atom. The standard InChI is InChI=1S/C20H30N4O6/c1-12(2)8-14(21)18(27)24-15(9-13-6-4-3-5-7-13)19(28)22-10-17(26)23-16(11-25)20(29)30/h3-7,12,14-16,25H,8-11,21H2,1-2H3,(H,22,28)(H,23,26)(H,24,27)(H,29,30)/t14-,15-,16-/m0/s1. The van der Waals surface area contributed by atoms with Crippen LogP contribution in [-0.4, -0.2) is 65.2 Å². The predicted molar refractivity (Wildman–Crippen MR) is 109 cm³/mol. The van der Waals surface area contributed by atoms with E-state index in [0.29, 0.717) is 6.42 Å². The van der Waals surface area contributed by atoms with Gasteiger partial charge in [-0.2, -0.15) is 0 Å². The average Bonchev–Trinajstić information content (AvgIpc) is 2.69. The van der Waals surface area contributed by atoms with Crippen LogP contribution < -0.4 is 21.7 Å². The first-order chi connectivity index (χ1) is 14.1. The minimum Gasteiger partial charge on any atom is -0.480 e. The SMILES string of the molecule is CC(C)C[C@H](N)C(=O)N[C@@H](Cc1ccccc1)C(=O)NCC(=O)N[C@@H](CO)C(=O)O. The smallest absolute Gasteiger partial charge is 0.328 e. The van der Waals surface area contributed by atoms with Gasteiger partial charge in [-0.1, -0.05) is 44.2 Å². The summed E-state index contributed by atoms with van der Waals surface area (Å²) in [7, 11) is 0. The lowest BCUT2D eigenvalue weighted by Crippen LogP contribution is -2.54. The average molecular weight is 422 g/mol. The Bertz CT molecular complexity index is 725. The highest BCUT2D eigenvalue weighted by atomic mass is 16.4. The van der Waals surface area contributed by atoms with Crippen LogP contribution in [0.2, 0.25) is 0 Å². The summed E-state index contributed by atoms with van der Waals surface area (Å²) in [5.74, 6) is -3.08. The summed E-state index contributed by atoms with van der Waals surface area (Å²) in [5.41, 5.74) is 6.69. The van der Waals surface area contributed by atoms with Crippen LogP contribution >= 0.6 is 0 Å². The van der Waals surface area contributed by atoms with E-state index < -0.39 is 55.0 Å². The largest absolute Gasteiger partial charge is 0.480 e. The van der Waals surface area contributed by atoms with E-state index in [1.807, 2.05) is 19.9 Å². The summed E-state index contributed by atoms with van der Waals surface area (Å²) >= 11 is 0. The van der Waals surface area contributed by atoms with Gasteiger partial charge in [0.25, 0.3) is 0 Å². The molecule has 0 saturated heterocycles. The van der Waals surface area contributed by atoms with Gasteiger partial charge in [0.05, 0.1) is 19.2 Å². The number of nitrogens with one attached hydrogen (secondary N) is 3. The summed E-state index contributed by atoms with van der Waals surface area (Å²) in [5, 5.41) is 24.9. The molecule has 0 aromatic heterocycles. The molecule has 1 rings (SSSR count). The number of amides is 3. The van der Waals surface area contributed by atoms with E-state index in [1.54, 1.807) is 24.3 Å². The second-order valence-electron chi connectivity index (χ2n) is 7.35. The first-order valence-corrected chi connectivity index (χ1v) is 9.64. The lowest BCUT2D eigenvalue weighted by Gasteiger charge is -2.21. The zero-order chi connectivity index (χ0) is 22.7. The molecule has 3 amide bonds. The molecule has 0 aliphatic heterocycles. The highest BCUT2D eigenvalue weighted by Crippen LogP contribution is 2.06. The maximum absolute atomic E-state index is 12.6. The van der Waals surface area contributed by atoms with Gasteiger partial charge < -0.3 is 31.9 Å². The molecule has 1 aromatic carbocycles. The molecule has 10 nitrogen and oxygen atoms in total. The molecule has 0 fully saturated rings. The lowest BCUT2D eigenvalue weighted by molar-refractivity contribution is -0.142. The number of benzene rings is 1. The van der Waals surface area contributed by atoms with E-state index in [-0.39, 0.29) is 12.3 Å². The third-order valence-corrected chi connectivity index (χ3v) is 4.22. The topological polar surface area (TPSA) is 171 Å². The van der Waals surface area contributed by atoms with Crippen molar-refractivity contribution in [2.75, 3.05) is 13.2 Å². The highest BCUT2D eigenvalue weighted by molar-refractivity contribution is 5.92. The van der Waals surface area contributed by atoms with Crippen molar-refractivity contribution in [3.05, 3.63) is 35.9 Å². The number of aliphatic hydroxyl groups is 1. The molecule has 3 atom stereocenters. The van der Waals surface area contributed by atoms with Crippen LogP contribution in [0.1, 0.15) is 25.8 Å². The highest BCUT2D eigenvalue weighted by Gasteiger charge is 2.25. The van der Waals surface area contributed by atoms with Gasteiger partial charge in [-0.25, -0.2) is 4.79 Å². The van der Waals surface area contributed by atoms with E-state index >= 15 is 0 Å². The molecular weight excluding hydrogens is 392 g/mol. The molecule has 7 N–H and O–H groups in total. The minimum absolute atomic E-state index is 0.183. The van der Waals surface area contributed by atoms with Crippen LogP contribution in [-0.2, 0) is 25.6 Å². The van der Waals surface area contributed by atoms with Gasteiger partial charge in [-0.3, -0.25) is 14.4 Å². The van der Waals surface area contributed by atoms with Crippen molar-refractivity contribution in [2.24, 2.45) is 11.7 Å². The van der Waals surface area contributed by atoms with E-state index in [4.69, 9.17) is 15.9 Å². The fourth-order valence-corrected chi connectivity index (χ4v) is 2.67. The van der Waals surface area contributed by atoms with Crippen LogP contribution in [0.5, 0.6) is 0 Å². The normalized spacial score (nSPS) is 13.8. The summed E-state index contributed by atoms with van der Waals surface area (Å²) in [6.45, 7) is 2.56. The Hall–Kier alpha value is -2.98. The predicted octanol–water partition coefficient (Wildman–Crippen LogP) is -1.23. The van der Waals surface area contributed by atoms with Crippen molar-refractivity contribution in [3.8, 4) is 0 Å². The molecule has 0 heterocycles. The molecule has 0 aliphatic carbocycles. The Morgan fingerprint density at radius 2 is 1.63 bits per heavy atom. The van der Waals surface area contributed by atoms with E-state index in [0.717, 1.165) is 5.56 Å². The summed E-state index contributed by atoms with van der Waals surface area (Å²) < 4.78 is 0. The number of hydrogen-bond acceptors (Lipinski definition) is 6. The maximum atomic E-state index is 12.6. The van der Waals surface area contributed by atoms with Gasteiger partial charge in [0.2, 0.25) is 17.7 Å². The Kier molecular flexibility index (Phi) is 10.5. The van der Waals surface area contributed by atoms with E-state index in [2.05, 4.69) is 16.0 Å². The molecule has 30 heavy (non-hydrogen) atoms. The zero-order valence-electron chi connectivity index (χ0n) is 17.1. The van der Waals surface area contributed by atoms with Crippen molar-refractivity contribution >= 4 is 23.7 Å². The number of carbonyl (C=O) groups is 4. The summed E-state index contributed by atoms with van der Waals surface area (Å²) in [6.07, 6.45) is 0.633. The first kappa shape index (κ1) is 25.1. The van der Waals surface area contributed by atoms with Gasteiger partial charge in [0.15, 0.2) is 0 Å². The maximum Gasteiger partial charge on any atom is 0.328 e. The number of hydrogen-bond donors (Lipinski definition) is 6. The molecule has 0 unspecified atom stereocenters. The van der Waals surface area contributed by atoms with Gasteiger partial charge in [0.1, 0.15) is 12.1 Å². The van der Waals surface area contributed by atoms with Crippen molar-refractivity contribution in [3.63, 3.8) is 0 Å². The Labute approximate surface area is 175 Å². The van der Waals surface area contributed by atoms with Crippen LogP contribution in [0.25, 0.3) is 0 Å². The van der Waals surface area contributed by atoms with Crippen LogP contribution in [0, 0.1) is 5.92 Å². The Morgan fingerprint density at radius 1 is 1.00 bits per heavy atom. The fourth-order valence-electron chi connectivity index (χ4n) is 2.67. The summed E-state index contributed by atoms with van der Waals surface area (Å²) in [6, 6.07) is 5.79. The van der Waals surface area contributed by atoms with Crippen molar-refractivity contribution in [2.45, 2.75) is 44.8 Å². The first-order valence-electron chi connectivity index (χ1n) is 9.64. The molecule has 1 aromatic rings. The monoisotopic (exact) mass is 422 g/mol. The number of rotatable bonds is 12. The molecule has 0 saturated carbocycles. The van der Waals surface area contributed by atoms with Crippen LogP contribution in [0.3, 0.4) is 0 Å². The van der Waals surface area contributed by atoms with Crippen LogP contribution in [0.15, 0.2) is 30.3 Å². The lowest BCUT2D eigenvalue weighted by atomic mass is 10.0. The minimum atomic E-state index is -1.47. The van der Waals surface area contributed by atoms with Gasteiger partial charge in [-0.15, -0.1) is 0 Å². The number of carboxylic acids is 1. The molecule has 0 bridgehead atoms. The quantitative estimate of drug-likeness (QED) is 0.245. The molecule has 0 radical (unpaired) electrons. The molecule has 166 valence electrons. The van der Waals surface area contributed by atoms with Gasteiger partial charge >= 0.3 is 5.97 Å².